The van der Waals surface area contributed by atoms with E-state index >= 15 is 0 Å². The lowest BCUT2D eigenvalue weighted by molar-refractivity contribution is -0.129. The zero-order valence-corrected chi connectivity index (χ0v) is 19.6. The molecule has 1 N–H and O–H groups in total. The van der Waals surface area contributed by atoms with Gasteiger partial charge < -0.3 is 10.1 Å². The van der Waals surface area contributed by atoms with Gasteiger partial charge in [-0.25, -0.2) is 13.2 Å². The SMILES string of the molecule is CCOC(=O)c1ccc(S(=O)(=O)N2CCC(C(=O)NC3(c4ccccc4)CCC3)CC2)cc1. The Kier molecular flexibility index (Phi) is 6.86. The summed E-state index contributed by atoms with van der Waals surface area (Å²) in [6, 6.07) is 15.9. The fourth-order valence-electron chi connectivity index (χ4n) is 4.60. The van der Waals surface area contributed by atoms with E-state index < -0.39 is 16.0 Å². The molecule has 8 heteroatoms. The minimum atomic E-state index is -3.69. The summed E-state index contributed by atoms with van der Waals surface area (Å²) >= 11 is 0. The molecule has 2 aliphatic rings. The minimum Gasteiger partial charge on any atom is -0.462 e. The molecule has 0 atom stereocenters. The van der Waals surface area contributed by atoms with Crippen molar-refractivity contribution in [3.8, 4) is 0 Å². The standard InChI is InChI=1S/C25H30N2O5S/c1-2-32-24(29)20-9-11-22(12-10-20)33(30,31)27-17-13-19(14-18-27)23(28)26-25(15-6-16-25)21-7-4-3-5-8-21/h3-5,7-12,19H,2,6,13-18H2,1H3,(H,26,28). The predicted octanol–water partition coefficient (Wildman–Crippen LogP) is 3.46. The predicted molar refractivity (Wildman–Crippen MR) is 124 cm³/mol. The van der Waals surface area contributed by atoms with Crippen LogP contribution in [0.5, 0.6) is 0 Å². The first-order chi connectivity index (χ1) is 15.9. The van der Waals surface area contributed by atoms with Crippen molar-refractivity contribution < 1.29 is 22.7 Å². The highest BCUT2D eigenvalue weighted by molar-refractivity contribution is 7.89. The fraction of sp³-hybridized carbons (Fsp3) is 0.440. The number of hydrogen-bond acceptors (Lipinski definition) is 5. The highest BCUT2D eigenvalue weighted by Crippen LogP contribution is 2.41. The van der Waals surface area contributed by atoms with E-state index in [0.29, 0.717) is 31.5 Å². The van der Waals surface area contributed by atoms with Gasteiger partial charge in [-0.15, -0.1) is 0 Å². The van der Waals surface area contributed by atoms with E-state index in [-0.39, 0.29) is 28.9 Å². The number of rotatable bonds is 7. The Morgan fingerprint density at radius 1 is 1.03 bits per heavy atom. The number of carbonyl (C=O) groups excluding carboxylic acids is 2. The third kappa shape index (κ3) is 4.82. The summed E-state index contributed by atoms with van der Waals surface area (Å²) in [7, 11) is -3.69. The zero-order chi connectivity index (χ0) is 23.5. The number of hydrogen-bond donors (Lipinski definition) is 1. The quantitative estimate of drug-likeness (QED) is 0.626. The molecule has 1 aliphatic carbocycles. The van der Waals surface area contributed by atoms with Crippen molar-refractivity contribution in [3.05, 3.63) is 65.7 Å². The van der Waals surface area contributed by atoms with E-state index in [1.165, 1.54) is 28.6 Å². The zero-order valence-electron chi connectivity index (χ0n) is 18.8. The number of benzene rings is 2. The molecule has 0 unspecified atom stereocenters. The molecular weight excluding hydrogens is 440 g/mol. The second kappa shape index (κ2) is 9.65. The van der Waals surface area contributed by atoms with Gasteiger partial charge in [0.25, 0.3) is 0 Å². The Hall–Kier alpha value is -2.71. The third-order valence-electron chi connectivity index (χ3n) is 6.72. The van der Waals surface area contributed by atoms with Crippen LogP contribution in [0.2, 0.25) is 0 Å². The lowest BCUT2D eigenvalue weighted by Gasteiger charge is -2.44. The Labute approximate surface area is 195 Å². The van der Waals surface area contributed by atoms with Gasteiger partial charge in [-0.3, -0.25) is 4.79 Å². The van der Waals surface area contributed by atoms with Gasteiger partial charge in [0.15, 0.2) is 0 Å². The monoisotopic (exact) mass is 470 g/mol. The first kappa shape index (κ1) is 23.4. The maximum absolute atomic E-state index is 13.0. The molecule has 2 fully saturated rings. The minimum absolute atomic E-state index is 0.00869. The first-order valence-electron chi connectivity index (χ1n) is 11.5. The Morgan fingerprint density at radius 2 is 1.67 bits per heavy atom. The molecule has 0 spiro atoms. The van der Waals surface area contributed by atoms with E-state index in [1.807, 2.05) is 18.2 Å². The van der Waals surface area contributed by atoms with Gasteiger partial charge >= 0.3 is 5.97 Å². The van der Waals surface area contributed by atoms with Gasteiger partial charge in [-0.1, -0.05) is 30.3 Å². The summed E-state index contributed by atoms with van der Waals surface area (Å²) in [5.41, 5.74) is 1.16. The van der Waals surface area contributed by atoms with Crippen molar-refractivity contribution in [3.63, 3.8) is 0 Å². The molecule has 7 nitrogen and oxygen atoms in total. The lowest BCUT2D eigenvalue weighted by atomic mass is 9.71. The molecule has 4 rings (SSSR count). The number of esters is 1. The lowest BCUT2D eigenvalue weighted by Crippen LogP contribution is -2.53. The van der Waals surface area contributed by atoms with Gasteiger partial charge in [-0.05, 0) is 68.9 Å². The van der Waals surface area contributed by atoms with Crippen molar-refractivity contribution in [2.45, 2.75) is 49.5 Å². The van der Waals surface area contributed by atoms with Crippen molar-refractivity contribution in [2.75, 3.05) is 19.7 Å². The van der Waals surface area contributed by atoms with Crippen LogP contribution < -0.4 is 5.32 Å². The smallest absolute Gasteiger partial charge is 0.338 e. The highest BCUT2D eigenvalue weighted by Gasteiger charge is 2.42. The third-order valence-corrected chi connectivity index (χ3v) is 8.64. The highest BCUT2D eigenvalue weighted by atomic mass is 32.2. The molecule has 2 aromatic rings. The van der Waals surface area contributed by atoms with E-state index in [4.69, 9.17) is 4.74 Å². The van der Waals surface area contributed by atoms with E-state index in [9.17, 15) is 18.0 Å². The summed E-state index contributed by atoms with van der Waals surface area (Å²) in [6.45, 7) is 2.55. The molecular formula is C25H30N2O5S. The van der Waals surface area contributed by atoms with Crippen molar-refractivity contribution >= 4 is 21.9 Å². The molecule has 0 aromatic heterocycles. The number of piperidine rings is 1. The number of ether oxygens (including phenoxy) is 1. The first-order valence-corrected chi connectivity index (χ1v) is 12.9. The molecule has 0 bridgehead atoms. The largest absolute Gasteiger partial charge is 0.462 e. The number of amides is 1. The summed E-state index contributed by atoms with van der Waals surface area (Å²) in [5.74, 6) is -0.675. The number of nitrogens with one attached hydrogen (secondary N) is 1. The number of nitrogens with zero attached hydrogens (tertiary/aromatic N) is 1. The van der Waals surface area contributed by atoms with Crippen LogP contribution in [-0.2, 0) is 25.1 Å². The van der Waals surface area contributed by atoms with Crippen LogP contribution in [-0.4, -0.2) is 44.3 Å². The number of sulfonamides is 1. The maximum Gasteiger partial charge on any atom is 0.338 e. The second-order valence-electron chi connectivity index (χ2n) is 8.71. The molecule has 0 radical (unpaired) electrons. The van der Waals surface area contributed by atoms with Gasteiger partial charge in [0.05, 0.1) is 22.6 Å². The van der Waals surface area contributed by atoms with Gasteiger partial charge in [0.2, 0.25) is 15.9 Å². The summed E-state index contributed by atoms with van der Waals surface area (Å²) in [4.78, 5) is 25.0. The van der Waals surface area contributed by atoms with Gasteiger partial charge in [0.1, 0.15) is 0 Å². The molecule has 33 heavy (non-hydrogen) atoms. The van der Waals surface area contributed by atoms with Crippen LogP contribution in [0.1, 0.15) is 54.9 Å². The molecule has 2 aromatic carbocycles. The van der Waals surface area contributed by atoms with Crippen LogP contribution >= 0.6 is 0 Å². The van der Waals surface area contributed by atoms with E-state index in [1.54, 1.807) is 6.92 Å². The average Bonchev–Trinajstić information content (AvgIpc) is 2.82. The molecule has 1 saturated carbocycles. The summed E-state index contributed by atoms with van der Waals surface area (Å²) in [5, 5.41) is 3.28. The summed E-state index contributed by atoms with van der Waals surface area (Å²) < 4.78 is 32.5. The molecule has 1 saturated heterocycles. The molecule has 1 heterocycles. The molecule has 1 amide bonds. The molecule has 1 aliphatic heterocycles. The van der Waals surface area contributed by atoms with Crippen LogP contribution in [0, 0.1) is 5.92 Å². The Bertz CT molecular complexity index is 1090. The van der Waals surface area contributed by atoms with Crippen LogP contribution in [0.4, 0.5) is 0 Å². The van der Waals surface area contributed by atoms with Crippen LogP contribution in [0.3, 0.4) is 0 Å². The van der Waals surface area contributed by atoms with E-state index in [0.717, 1.165) is 24.8 Å². The second-order valence-corrected chi connectivity index (χ2v) is 10.7. The topological polar surface area (TPSA) is 92.8 Å². The van der Waals surface area contributed by atoms with Crippen molar-refractivity contribution in [1.82, 2.24) is 9.62 Å². The van der Waals surface area contributed by atoms with Crippen LogP contribution in [0.15, 0.2) is 59.5 Å². The summed E-state index contributed by atoms with van der Waals surface area (Å²) in [6.07, 6.45) is 3.91. The molecule has 176 valence electrons. The van der Waals surface area contributed by atoms with Crippen molar-refractivity contribution in [2.24, 2.45) is 5.92 Å². The normalized spacial score (nSPS) is 18.8. The van der Waals surface area contributed by atoms with Gasteiger partial charge in [0, 0.05) is 19.0 Å². The van der Waals surface area contributed by atoms with Crippen LogP contribution in [0.25, 0.3) is 0 Å². The fourth-order valence-corrected chi connectivity index (χ4v) is 6.07. The van der Waals surface area contributed by atoms with Crippen molar-refractivity contribution in [1.29, 1.82) is 0 Å². The average molecular weight is 471 g/mol. The Morgan fingerprint density at radius 3 is 2.21 bits per heavy atom. The van der Waals surface area contributed by atoms with Gasteiger partial charge in [-0.2, -0.15) is 4.31 Å². The van der Waals surface area contributed by atoms with E-state index in [2.05, 4.69) is 17.4 Å². The number of carbonyl (C=O) groups is 2. The maximum atomic E-state index is 13.0. The Balaban J connectivity index is 1.37.